The van der Waals surface area contributed by atoms with Crippen LogP contribution in [-0.2, 0) is 6.54 Å². The second-order valence-corrected chi connectivity index (χ2v) is 6.44. The molecule has 1 heterocycles. The summed E-state index contributed by atoms with van der Waals surface area (Å²) in [4.78, 5) is 0. The highest BCUT2D eigenvalue weighted by Gasteiger charge is 2.21. The lowest BCUT2D eigenvalue weighted by Gasteiger charge is -2.11. The molecule has 1 aromatic heterocycles. The van der Waals surface area contributed by atoms with Crippen LogP contribution in [0, 0.1) is 0 Å². The van der Waals surface area contributed by atoms with E-state index in [2.05, 4.69) is 35.4 Å². The summed E-state index contributed by atoms with van der Waals surface area (Å²) in [5.74, 6) is 1.30. The molecule has 1 saturated carbocycles. The van der Waals surface area contributed by atoms with Gasteiger partial charge in [0.25, 0.3) is 5.19 Å². The van der Waals surface area contributed by atoms with E-state index < -0.39 is 0 Å². The minimum absolute atomic E-state index is 0.426. The Hall–Kier alpha value is -1.46. The molecule has 1 N–H and O–H groups in total. The van der Waals surface area contributed by atoms with Gasteiger partial charge in [-0.2, -0.15) is 0 Å². The first-order valence-corrected chi connectivity index (χ1v) is 7.86. The molecule has 0 atom stereocenters. The predicted octanol–water partition coefficient (Wildman–Crippen LogP) is 3.71. The fraction of sp³-hybridized carbons (Fsp3) is 0.467. The molecule has 1 aliphatic rings. The number of hydrogen-bond donors (Lipinski definition) is 1. The van der Waals surface area contributed by atoms with Gasteiger partial charge in [-0.25, -0.2) is 0 Å². The second-order valence-electron chi connectivity index (χ2n) is 5.41. The van der Waals surface area contributed by atoms with E-state index in [1.165, 1.54) is 29.7 Å². The maximum atomic E-state index is 5.89. The van der Waals surface area contributed by atoms with Crippen molar-refractivity contribution in [2.45, 2.75) is 45.2 Å². The SMILES string of the molecule is CC(C)c1ccccc1Oc1nnc(CNC2CC2)s1. The lowest BCUT2D eigenvalue weighted by Crippen LogP contribution is -2.14. The Kier molecular flexibility index (Phi) is 3.98. The van der Waals surface area contributed by atoms with Crippen LogP contribution >= 0.6 is 11.3 Å². The molecule has 5 heteroatoms. The van der Waals surface area contributed by atoms with Crippen molar-refractivity contribution in [3.8, 4) is 10.9 Å². The molecule has 20 heavy (non-hydrogen) atoms. The molecule has 4 nitrogen and oxygen atoms in total. The summed E-state index contributed by atoms with van der Waals surface area (Å²) in [6.45, 7) is 5.11. The zero-order valence-electron chi connectivity index (χ0n) is 11.8. The van der Waals surface area contributed by atoms with Gasteiger partial charge in [0.1, 0.15) is 10.8 Å². The van der Waals surface area contributed by atoms with Crippen LogP contribution in [-0.4, -0.2) is 16.2 Å². The lowest BCUT2D eigenvalue weighted by atomic mass is 10.0. The molecule has 106 valence electrons. The van der Waals surface area contributed by atoms with Crippen molar-refractivity contribution in [2.75, 3.05) is 0 Å². The van der Waals surface area contributed by atoms with Crippen LogP contribution in [0.5, 0.6) is 10.9 Å². The maximum absolute atomic E-state index is 5.89. The zero-order valence-corrected chi connectivity index (χ0v) is 12.6. The monoisotopic (exact) mass is 289 g/mol. The topological polar surface area (TPSA) is 47.0 Å². The molecule has 2 aromatic rings. The van der Waals surface area contributed by atoms with Crippen molar-refractivity contribution in [3.05, 3.63) is 34.8 Å². The molecule has 0 unspecified atom stereocenters. The van der Waals surface area contributed by atoms with Gasteiger partial charge in [-0.05, 0) is 30.4 Å². The minimum Gasteiger partial charge on any atom is -0.429 e. The van der Waals surface area contributed by atoms with Gasteiger partial charge < -0.3 is 10.1 Å². The first-order valence-electron chi connectivity index (χ1n) is 7.05. The summed E-state index contributed by atoms with van der Waals surface area (Å²) >= 11 is 1.51. The van der Waals surface area contributed by atoms with Crippen LogP contribution in [0.4, 0.5) is 0 Å². The van der Waals surface area contributed by atoms with E-state index in [9.17, 15) is 0 Å². The third-order valence-electron chi connectivity index (χ3n) is 3.31. The van der Waals surface area contributed by atoms with E-state index >= 15 is 0 Å². The molecule has 1 fully saturated rings. The number of aromatic nitrogens is 2. The summed E-state index contributed by atoms with van der Waals surface area (Å²) in [6, 6.07) is 8.78. The summed E-state index contributed by atoms with van der Waals surface area (Å²) < 4.78 is 5.89. The molecular formula is C15H19N3OS. The lowest BCUT2D eigenvalue weighted by molar-refractivity contribution is 0.464. The highest BCUT2D eigenvalue weighted by Crippen LogP contribution is 2.31. The molecule has 3 rings (SSSR count). The van der Waals surface area contributed by atoms with E-state index in [-0.39, 0.29) is 0 Å². The van der Waals surface area contributed by atoms with Crippen molar-refractivity contribution < 1.29 is 4.74 Å². The molecule has 0 spiro atoms. The molecule has 0 aliphatic heterocycles. The fourth-order valence-electron chi connectivity index (χ4n) is 2.01. The van der Waals surface area contributed by atoms with E-state index in [0.717, 1.165) is 17.3 Å². The standard InChI is InChI=1S/C15H19N3OS/c1-10(2)12-5-3-4-6-13(12)19-15-18-17-14(20-15)9-16-11-7-8-11/h3-6,10-11,16H,7-9H2,1-2H3. The molecule has 1 aromatic carbocycles. The summed E-state index contributed by atoms with van der Waals surface area (Å²) in [5, 5.41) is 13.3. The van der Waals surface area contributed by atoms with Crippen LogP contribution < -0.4 is 10.1 Å². The van der Waals surface area contributed by atoms with E-state index in [1.807, 2.05) is 18.2 Å². The van der Waals surface area contributed by atoms with Crippen molar-refractivity contribution in [1.29, 1.82) is 0 Å². The van der Waals surface area contributed by atoms with Crippen LogP contribution in [0.15, 0.2) is 24.3 Å². The Morgan fingerprint density at radius 3 is 2.85 bits per heavy atom. The predicted molar refractivity (Wildman–Crippen MR) is 80.4 cm³/mol. The number of benzene rings is 1. The Balaban J connectivity index is 1.67. The summed E-state index contributed by atoms with van der Waals surface area (Å²) in [5.41, 5.74) is 1.19. The second kappa shape index (κ2) is 5.89. The Morgan fingerprint density at radius 2 is 2.10 bits per heavy atom. The van der Waals surface area contributed by atoms with E-state index in [0.29, 0.717) is 17.2 Å². The van der Waals surface area contributed by atoms with Gasteiger partial charge in [0.2, 0.25) is 0 Å². The van der Waals surface area contributed by atoms with Gasteiger partial charge in [-0.1, -0.05) is 48.5 Å². The van der Waals surface area contributed by atoms with Crippen LogP contribution in [0.3, 0.4) is 0 Å². The first-order chi connectivity index (χ1) is 9.72. The highest BCUT2D eigenvalue weighted by molar-refractivity contribution is 7.13. The molecule has 0 saturated heterocycles. The third-order valence-corrected chi connectivity index (χ3v) is 4.11. The zero-order chi connectivity index (χ0) is 13.9. The average molecular weight is 289 g/mol. The Labute approximate surface area is 123 Å². The van der Waals surface area contributed by atoms with Gasteiger partial charge in [0, 0.05) is 6.04 Å². The van der Waals surface area contributed by atoms with Gasteiger partial charge in [-0.3, -0.25) is 0 Å². The largest absolute Gasteiger partial charge is 0.429 e. The number of hydrogen-bond acceptors (Lipinski definition) is 5. The Morgan fingerprint density at radius 1 is 1.30 bits per heavy atom. The van der Waals surface area contributed by atoms with Crippen LogP contribution in [0.25, 0.3) is 0 Å². The van der Waals surface area contributed by atoms with E-state index in [1.54, 1.807) is 0 Å². The number of nitrogens with zero attached hydrogens (tertiary/aromatic N) is 2. The summed E-state index contributed by atoms with van der Waals surface area (Å²) in [7, 11) is 0. The van der Waals surface area contributed by atoms with Crippen molar-refractivity contribution in [3.63, 3.8) is 0 Å². The minimum atomic E-state index is 0.426. The van der Waals surface area contributed by atoms with Crippen molar-refractivity contribution in [2.24, 2.45) is 0 Å². The van der Waals surface area contributed by atoms with Gasteiger partial charge in [0.15, 0.2) is 0 Å². The Bertz CT molecular complexity index is 578. The number of ether oxygens (including phenoxy) is 1. The van der Waals surface area contributed by atoms with Crippen LogP contribution in [0.2, 0.25) is 0 Å². The quantitative estimate of drug-likeness (QED) is 0.880. The number of para-hydroxylation sites is 1. The highest BCUT2D eigenvalue weighted by atomic mass is 32.1. The molecule has 0 amide bonds. The molecule has 0 radical (unpaired) electrons. The molecule has 0 bridgehead atoms. The molecule has 1 aliphatic carbocycles. The molecular weight excluding hydrogens is 270 g/mol. The summed E-state index contributed by atoms with van der Waals surface area (Å²) in [6.07, 6.45) is 2.56. The average Bonchev–Trinajstić information content (AvgIpc) is 3.17. The van der Waals surface area contributed by atoms with Gasteiger partial charge in [0.05, 0.1) is 6.54 Å². The van der Waals surface area contributed by atoms with E-state index in [4.69, 9.17) is 4.74 Å². The normalized spacial score (nSPS) is 14.8. The van der Waals surface area contributed by atoms with Gasteiger partial charge >= 0.3 is 0 Å². The van der Waals surface area contributed by atoms with Crippen LogP contribution in [0.1, 0.15) is 43.2 Å². The van der Waals surface area contributed by atoms with Gasteiger partial charge in [-0.15, -0.1) is 5.10 Å². The first kappa shape index (κ1) is 13.5. The fourth-order valence-corrected chi connectivity index (χ4v) is 2.67. The number of nitrogens with one attached hydrogen (secondary N) is 1. The van der Waals surface area contributed by atoms with Crippen molar-refractivity contribution >= 4 is 11.3 Å². The third kappa shape index (κ3) is 3.35. The smallest absolute Gasteiger partial charge is 0.299 e. The maximum Gasteiger partial charge on any atom is 0.299 e. The number of rotatable bonds is 6. The van der Waals surface area contributed by atoms with Crippen molar-refractivity contribution in [1.82, 2.24) is 15.5 Å².